The Bertz CT molecular complexity index is 1110. The average Bonchev–Trinajstić information content (AvgIpc) is 3.49. The van der Waals surface area contributed by atoms with Crippen LogP contribution in [0.4, 0.5) is 4.39 Å². The van der Waals surface area contributed by atoms with Gasteiger partial charge in [0.15, 0.2) is 0 Å². The van der Waals surface area contributed by atoms with E-state index >= 15 is 0 Å². The third-order valence-corrected chi connectivity index (χ3v) is 6.14. The summed E-state index contributed by atoms with van der Waals surface area (Å²) in [5.74, 6) is 0.959. The van der Waals surface area contributed by atoms with Crippen molar-refractivity contribution in [3.8, 4) is 0 Å². The Morgan fingerprint density at radius 1 is 1.27 bits per heavy atom. The van der Waals surface area contributed by atoms with Crippen LogP contribution in [-0.4, -0.2) is 71.7 Å². The van der Waals surface area contributed by atoms with Gasteiger partial charge in [0.1, 0.15) is 23.7 Å². The van der Waals surface area contributed by atoms with Gasteiger partial charge >= 0.3 is 0 Å². The van der Waals surface area contributed by atoms with Crippen LogP contribution in [0.25, 0.3) is 0 Å². The Kier molecular flexibility index (Phi) is 6.68. The number of rotatable bonds is 4. The number of carbonyl (C=O) groups excluding carboxylic acids is 1. The van der Waals surface area contributed by atoms with E-state index in [0.717, 1.165) is 24.5 Å². The molecule has 10 nitrogen and oxygen atoms in total. The Morgan fingerprint density at radius 2 is 2.09 bits per heavy atom. The normalized spacial score (nSPS) is 21.9. The molecule has 1 aromatic carbocycles. The fraction of sp³-hybridized carbons (Fsp3) is 0.364. The number of hydrogen-bond donors (Lipinski definition) is 1. The molecule has 11 heteroatoms. The van der Waals surface area contributed by atoms with Crippen molar-refractivity contribution >= 4 is 12.4 Å². The van der Waals surface area contributed by atoms with Gasteiger partial charge in [-0.3, -0.25) is 19.5 Å². The lowest BCUT2D eigenvalue weighted by atomic mass is 9.89. The molecule has 2 aliphatic heterocycles. The number of halogens is 1. The van der Waals surface area contributed by atoms with Gasteiger partial charge in [-0.2, -0.15) is 0 Å². The summed E-state index contributed by atoms with van der Waals surface area (Å²) in [6.45, 7) is 2.73. The van der Waals surface area contributed by atoms with Crippen LogP contribution in [0, 0.1) is 17.7 Å². The lowest BCUT2D eigenvalue weighted by Crippen LogP contribution is -2.36. The zero-order valence-electron chi connectivity index (χ0n) is 18.0. The maximum Gasteiger partial charge on any atom is 0.290 e. The summed E-state index contributed by atoms with van der Waals surface area (Å²) in [6, 6.07) is 6.37. The Balaban J connectivity index is 0.000000821. The minimum absolute atomic E-state index is 0.161. The summed E-state index contributed by atoms with van der Waals surface area (Å²) >= 11 is 0. The van der Waals surface area contributed by atoms with E-state index in [1.54, 1.807) is 18.6 Å². The maximum atomic E-state index is 14.0. The largest absolute Gasteiger partial charge is 0.483 e. The topological polar surface area (TPSA) is 117 Å². The van der Waals surface area contributed by atoms with Crippen LogP contribution in [0.15, 0.2) is 49.2 Å². The van der Waals surface area contributed by atoms with E-state index in [1.165, 1.54) is 24.5 Å². The molecule has 0 radical (unpaired) electrons. The first-order valence-corrected chi connectivity index (χ1v) is 10.5. The predicted molar refractivity (Wildman–Crippen MR) is 114 cm³/mol. The molecule has 0 saturated carbocycles. The highest BCUT2D eigenvalue weighted by molar-refractivity contribution is 5.92. The van der Waals surface area contributed by atoms with E-state index in [4.69, 9.17) is 9.90 Å². The van der Waals surface area contributed by atoms with E-state index < -0.39 is 0 Å². The minimum atomic E-state index is -0.295. The van der Waals surface area contributed by atoms with Crippen molar-refractivity contribution in [1.82, 2.24) is 34.5 Å². The molecule has 4 heterocycles. The van der Waals surface area contributed by atoms with Crippen LogP contribution in [0.1, 0.15) is 27.9 Å². The number of carbonyl (C=O) groups is 2. The second-order valence-electron chi connectivity index (χ2n) is 8.13. The van der Waals surface area contributed by atoms with E-state index in [2.05, 4.69) is 25.1 Å². The lowest BCUT2D eigenvalue weighted by molar-refractivity contribution is -0.122. The summed E-state index contributed by atoms with van der Waals surface area (Å²) in [5.41, 5.74) is 1.13. The Hall–Kier alpha value is -3.73. The van der Waals surface area contributed by atoms with E-state index in [9.17, 15) is 9.18 Å². The number of fused-ring (bicyclic) bond motifs is 1. The number of likely N-dealkylation sites (tertiary alicyclic amines) is 2. The molecule has 0 aliphatic carbocycles. The highest BCUT2D eigenvalue weighted by Gasteiger charge is 2.49. The molecule has 2 aromatic heterocycles. The molecule has 1 N–H and O–H groups in total. The molecule has 3 aromatic rings. The number of carboxylic acid groups (broad SMARTS) is 1. The number of amides is 1. The smallest absolute Gasteiger partial charge is 0.290 e. The monoisotopic (exact) mass is 453 g/mol. The van der Waals surface area contributed by atoms with Crippen molar-refractivity contribution in [2.45, 2.75) is 12.6 Å². The van der Waals surface area contributed by atoms with E-state index in [0.29, 0.717) is 24.7 Å². The number of aryl methyl sites for hydroxylation is 1. The van der Waals surface area contributed by atoms with Crippen LogP contribution in [-0.2, 0) is 18.4 Å². The molecular formula is C22H24FN7O3. The third kappa shape index (κ3) is 4.72. The molecule has 5 rings (SSSR count). The van der Waals surface area contributed by atoms with Gasteiger partial charge in [-0.1, -0.05) is 12.1 Å². The molecule has 172 valence electrons. The minimum Gasteiger partial charge on any atom is -0.483 e. The van der Waals surface area contributed by atoms with Gasteiger partial charge < -0.3 is 14.6 Å². The standard InChI is InChI=1S/C21H22FN7O.CH2O2/c1-27-13-25-26-19(27)12-28-9-15-10-29(21(30)18-8-23-5-6-24-18)20(17(15)11-28)14-3-2-4-16(22)7-14;2-1-3/h2-8,13,15,17,20H,9-12H2,1H3;1H,(H,2,3)/t15-,17-,20+;/m0./s1. The van der Waals surface area contributed by atoms with Crippen molar-refractivity contribution < 1.29 is 19.1 Å². The number of aromatic nitrogens is 5. The van der Waals surface area contributed by atoms with E-state index in [-0.39, 0.29) is 30.2 Å². The first-order valence-electron chi connectivity index (χ1n) is 10.5. The fourth-order valence-electron chi connectivity index (χ4n) is 4.80. The molecular weight excluding hydrogens is 429 g/mol. The summed E-state index contributed by atoms with van der Waals surface area (Å²) in [5, 5.41) is 15.0. The molecule has 3 atom stereocenters. The summed E-state index contributed by atoms with van der Waals surface area (Å²) in [7, 11) is 1.93. The van der Waals surface area contributed by atoms with Crippen molar-refractivity contribution in [2.24, 2.45) is 18.9 Å². The van der Waals surface area contributed by atoms with Crippen molar-refractivity contribution in [1.29, 1.82) is 0 Å². The van der Waals surface area contributed by atoms with Crippen LogP contribution in [0.2, 0.25) is 0 Å². The van der Waals surface area contributed by atoms with Crippen molar-refractivity contribution in [3.05, 3.63) is 72.1 Å². The average molecular weight is 453 g/mol. The van der Waals surface area contributed by atoms with Gasteiger partial charge in [0.25, 0.3) is 12.4 Å². The van der Waals surface area contributed by atoms with Crippen LogP contribution >= 0.6 is 0 Å². The highest BCUT2D eigenvalue weighted by Crippen LogP contribution is 2.45. The zero-order chi connectivity index (χ0) is 23.4. The summed E-state index contributed by atoms with van der Waals surface area (Å²) < 4.78 is 16.0. The number of benzene rings is 1. The maximum absolute atomic E-state index is 14.0. The summed E-state index contributed by atoms with van der Waals surface area (Å²) in [6.07, 6.45) is 6.25. The van der Waals surface area contributed by atoms with Crippen molar-refractivity contribution in [3.63, 3.8) is 0 Å². The number of hydrogen-bond acceptors (Lipinski definition) is 7. The van der Waals surface area contributed by atoms with Gasteiger partial charge in [-0.05, 0) is 23.6 Å². The molecule has 0 bridgehead atoms. The van der Waals surface area contributed by atoms with Crippen LogP contribution in [0.5, 0.6) is 0 Å². The van der Waals surface area contributed by atoms with E-state index in [1.807, 2.05) is 22.6 Å². The van der Waals surface area contributed by atoms with Gasteiger partial charge in [-0.25, -0.2) is 9.37 Å². The quantitative estimate of drug-likeness (QED) is 0.589. The molecule has 1 amide bonds. The molecule has 0 spiro atoms. The number of nitrogens with zero attached hydrogens (tertiary/aromatic N) is 7. The molecule has 2 aliphatic rings. The van der Waals surface area contributed by atoms with Crippen LogP contribution < -0.4 is 0 Å². The predicted octanol–water partition coefficient (Wildman–Crippen LogP) is 1.39. The van der Waals surface area contributed by atoms with Crippen molar-refractivity contribution in [2.75, 3.05) is 19.6 Å². The molecule has 0 unspecified atom stereocenters. The second kappa shape index (κ2) is 9.82. The Morgan fingerprint density at radius 3 is 2.76 bits per heavy atom. The summed E-state index contributed by atoms with van der Waals surface area (Å²) in [4.78, 5) is 34.0. The molecule has 2 saturated heterocycles. The molecule has 2 fully saturated rings. The second-order valence-corrected chi connectivity index (χ2v) is 8.13. The first kappa shape index (κ1) is 22.5. The first-order chi connectivity index (χ1) is 16.0. The van der Waals surface area contributed by atoms with Gasteiger partial charge in [-0.15, -0.1) is 10.2 Å². The zero-order valence-corrected chi connectivity index (χ0v) is 18.0. The van der Waals surface area contributed by atoms with Gasteiger partial charge in [0, 0.05) is 45.0 Å². The highest BCUT2D eigenvalue weighted by atomic mass is 19.1. The SMILES string of the molecule is Cn1cnnc1CN1C[C@H]2CN(C(=O)c3cnccn3)[C@H](c3cccc(F)c3)[C@H]2C1.O=CO. The Labute approximate surface area is 189 Å². The fourth-order valence-corrected chi connectivity index (χ4v) is 4.80. The third-order valence-electron chi connectivity index (χ3n) is 6.14. The van der Waals surface area contributed by atoms with Crippen LogP contribution in [0.3, 0.4) is 0 Å². The van der Waals surface area contributed by atoms with Gasteiger partial charge in [0.05, 0.1) is 18.8 Å². The van der Waals surface area contributed by atoms with Gasteiger partial charge in [0.2, 0.25) is 0 Å². The lowest BCUT2D eigenvalue weighted by Gasteiger charge is -2.29. The molecule has 33 heavy (non-hydrogen) atoms.